The van der Waals surface area contributed by atoms with Gasteiger partial charge in [-0.15, -0.1) is 0 Å². The number of nitrogens with one attached hydrogen (secondary N) is 1. The predicted molar refractivity (Wildman–Crippen MR) is 70.5 cm³/mol. The summed E-state index contributed by atoms with van der Waals surface area (Å²) in [4.78, 5) is 11.7. The third kappa shape index (κ3) is 4.98. The average Bonchev–Trinajstić information content (AvgIpc) is 2.44. The molecule has 0 fully saturated rings. The fourth-order valence-electron chi connectivity index (χ4n) is 1.35. The molecule has 0 aliphatic heterocycles. The molecule has 0 spiro atoms. The molecule has 1 rings (SSSR count). The summed E-state index contributed by atoms with van der Waals surface area (Å²) in [6, 6.07) is 8.58. The first-order chi connectivity index (χ1) is 9.06. The maximum atomic E-state index is 11.7. The molecule has 2 atom stereocenters. The van der Waals surface area contributed by atoms with Crippen LogP contribution >= 0.6 is 0 Å². The van der Waals surface area contributed by atoms with Crippen molar-refractivity contribution in [2.24, 2.45) is 5.92 Å². The fraction of sp³-hybridized carbons (Fsp3) is 0.429. The fourth-order valence-corrected chi connectivity index (χ4v) is 1.35. The van der Waals surface area contributed by atoms with Crippen molar-refractivity contribution >= 4 is 5.91 Å². The molecule has 2 unspecified atom stereocenters. The molecule has 19 heavy (non-hydrogen) atoms. The Balaban J connectivity index is 2.47. The highest BCUT2D eigenvalue weighted by Crippen LogP contribution is 2.13. The summed E-state index contributed by atoms with van der Waals surface area (Å²) in [5.74, 6) is 0.326. The maximum absolute atomic E-state index is 11.7. The molecule has 0 saturated carbocycles. The lowest BCUT2D eigenvalue weighted by atomic mass is 10.2. The molecule has 0 aromatic heterocycles. The van der Waals surface area contributed by atoms with E-state index in [1.807, 2.05) is 13.0 Å². The number of aliphatic hydroxyl groups excluding tert-OH is 1. The van der Waals surface area contributed by atoms with Gasteiger partial charge < -0.3 is 15.2 Å². The van der Waals surface area contributed by atoms with E-state index >= 15 is 0 Å². The van der Waals surface area contributed by atoms with Crippen molar-refractivity contribution in [3.05, 3.63) is 29.8 Å². The Hall–Kier alpha value is -2.06. The van der Waals surface area contributed by atoms with Crippen LogP contribution < -0.4 is 10.1 Å². The van der Waals surface area contributed by atoms with Crippen molar-refractivity contribution in [1.29, 1.82) is 5.26 Å². The largest absolute Gasteiger partial charge is 0.481 e. The van der Waals surface area contributed by atoms with E-state index < -0.39 is 6.10 Å². The molecule has 0 bridgehead atoms. The minimum Gasteiger partial charge on any atom is -0.481 e. The normalized spacial score (nSPS) is 13.2. The van der Waals surface area contributed by atoms with Crippen molar-refractivity contribution in [1.82, 2.24) is 5.32 Å². The predicted octanol–water partition coefficient (Wildman–Crippen LogP) is 1.07. The zero-order valence-corrected chi connectivity index (χ0v) is 11.1. The van der Waals surface area contributed by atoms with Crippen molar-refractivity contribution in [3.63, 3.8) is 0 Å². The van der Waals surface area contributed by atoms with Crippen LogP contribution in [-0.4, -0.2) is 30.3 Å². The molecule has 0 radical (unpaired) electrons. The number of aliphatic hydroxyl groups is 1. The van der Waals surface area contributed by atoms with Crippen LogP contribution in [0.4, 0.5) is 0 Å². The van der Waals surface area contributed by atoms with Crippen LogP contribution in [0.5, 0.6) is 5.75 Å². The number of nitrogens with zero attached hydrogens (tertiary/aromatic N) is 1. The topological polar surface area (TPSA) is 82.3 Å². The first-order valence-electron chi connectivity index (χ1n) is 6.12. The molecule has 102 valence electrons. The minimum atomic E-state index is -0.626. The van der Waals surface area contributed by atoms with Gasteiger partial charge in [0.05, 0.1) is 11.6 Å². The van der Waals surface area contributed by atoms with Gasteiger partial charge in [-0.2, -0.15) is 5.26 Å². The summed E-state index contributed by atoms with van der Waals surface area (Å²) in [7, 11) is 0. The first kappa shape index (κ1) is 15.0. The molecule has 5 heteroatoms. The van der Waals surface area contributed by atoms with Crippen LogP contribution in [0.15, 0.2) is 24.3 Å². The lowest BCUT2D eigenvalue weighted by Crippen LogP contribution is -2.39. The number of carbonyl (C=O) groups is 1. The number of nitriles is 1. The second-order valence-corrected chi connectivity index (χ2v) is 4.43. The Kier molecular flexibility index (Phi) is 5.83. The number of amides is 1. The molecule has 1 aromatic carbocycles. The SMILES string of the molecule is CC(CO)CNC(=O)C(C)Oc1ccc(C#N)cc1. The van der Waals surface area contributed by atoms with Crippen LogP contribution in [0.2, 0.25) is 0 Å². The van der Waals surface area contributed by atoms with E-state index in [2.05, 4.69) is 5.32 Å². The van der Waals surface area contributed by atoms with Crippen LogP contribution in [0.25, 0.3) is 0 Å². The molecule has 0 heterocycles. The Labute approximate surface area is 112 Å². The lowest BCUT2D eigenvalue weighted by Gasteiger charge is -2.16. The number of hydrogen-bond acceptors (Lipinski definition) is 4. The van der Waals surface area contributed by atoms with Crippen LogP contribution in [0.3, 0.4) is 0 Å². The third-order valence-corrected chi connectivity index (χ3v) is 2.60. The van der Waals surface area contributed by atoms with E-state index in [0.29, 0.717) is 17.9 Å². The summed E-state index contributed by atoms with van der Waals surface area (Å²) in [5.41, 5.74) is 0.543. The van der Waals surface area contributed by atoms with E-state index in [9.17, 15) is 4.79 Å². The van der Waals surface area contributed by atoms with E-state index in [-0.39, 0.29) is 18.4 Å². The molecule has 2 N–H and O–H groups in total. The molecule has 1 aromatic rings. The zero-order chi connectivity index (χ0) is 14.3. The third-order valence-electron chi connectivity index (χ3n) is 2.60. The van der Waals surface area contributed by atoms with Gasteiger partial charge in [0.25, 0.3) is 5.91 Å². The van der Waals surface area contributed by atoms with Gasteiger partial charge in [-0.1, -0.05) is 6.92 Å². The average molecular weight is 262 g/mol. The number of carbonyl (C=O) groups excluding carboxylic acids is 1. The van der Waals surface area contributed by atoms with Gasteiger partial charge in [-0.05, 0) is 37.1 Å². The molecule has 5 nitrogen and oxygen atoms in total. The van der Waals surface area contributed by atoms with E-state index in [1.54, 1.807) is 31.2 Å². The number of ether oxygens (including phenoxy) is 1. The minimum absolute atomic E-state index is 0.0195. The van der Waals surface area contributed by atoms with Gasteiger partial charge in [0.2, 0.25) is 0 Å². The molecule has 0 aliphatic carbocycles. The maximum Gasteiger partial charge on any atom is 0.260 e. The van der Waals surface area contributed by atoms with Crippen molar-refractivity contribution in [3.8, 4) is 11.8 Å². The van der Waals surface area contributed by atoms with Crippen molar-refractivity contribution < 1.29 is 14.6 Å². The highest BCUT2D eigenvalue weighted by molar-refractivity contribution is 5.80. The van der Waals surface area contributed by atoms with Crippen LogP contribution in [-0.2, 0) is 4.79 Å². The number of rotatable bonds is 6. The highest BCUT2D eigenvalue weighted by Gasteiger charge is 2.15. The summed E-state index contributed by atoms with van der Waals surface area (Å²) >= 11 is 0. The quantitative estimate of drug-likeness (QED) is 0.803. The van der Waals surface area contributed by atoms with Gasteiger partial charge in [-0.25, -0.2) is 0 Å². The second-order valence-electron chi connectivity index (χ2n) is 4.43. The smallest absolute Gasteiger partial charge is 0.260 e. The summed E-state index contributed by atoms with van der Waals surface area (Å²) in [6.07, 6.45) is -0.626. The molecule has 0 aliphatic rings. The van der Waals surface area contributed by atoms with E-state index in [1.165, 1.54) is 0 Å². The van der Waals surface area contributed by atoms with Gasteiger partial charge in [0.15, 0.2) is 6.10 Å². The van der Waals surface area contributed by atoms with Crippen molar-refractivity contribution in [2.45, 2.75) is 20.0 Å². The van der Waals surface area contributed by atoms with Gasteiger partial charge in [-0.3, -0.25) is 4.79 Å². The second kappa shape index (κ2) is 7.39. The van der Waals surface area contributed by atoms with Crippen LogP contribution in [0.1, 0.15) is 19.4 Å². The summed E-state index contributed by atoms with van der Waals surface area (Å²) in [5, 5.41) is 20.2. The van der Waals surface area contributed by atoms with E-state index in [0.717, 1.165) is 0 Å². The highest BCUT2D eigenvalue weighted by atomic mass is 16.5. The van der Waals surface area contributed by atoms with Gasteiger partial charge >= 0.3 is 0 Å². The Morgan fingerprint density at radius 3 is 2.58 bits per heavy atom. The van der Waals surface area contributed by atoms with E-state index in [4.69, 9.17) is 15.1 Å². The monoisotopic (exact) mass is 262 g/mol. The van der Waals surface area contributed by atoms with Crippen molar-refractivity contribution in [2.75, 3.05) is 13.2 Å². The molecule has 0 saturated heterocycles. The Morgan fingerprint density at radius 2 is 2.05 bits per heavy atom. The standard InChI is InChI=1S/C14H18N2O3/c1-10(9-17)8-16-14(18)11(2)19-13-5-3-12(7-15)4-6-13/h3-6,10-11,17H,8-9H2,1-2H3,(H,16,18). The Morgan fingerprint density at radius 1 is 1.42 bits per heavy atom. The van der Waals surface area contributed by atoms with Gasteiger partial charge in [0, 0.05) is 13.2 Å². The number of benzene rings is 1. The molecule has 1 amide bonds. The lowest BCUT2D eigenvalue weighted by molar-refractivity contribution is -0.127. The summed E-state index contributed by atoms with van der Waals surface area (Å²) < 4.78 is 5.46. The van der Waals surface area contributed by atoms with Gasteiger partial charge in [0.1, 0.15) is 5.75 Å². The zero-order valence-electron chi connectivity index (χ0n) is 11.1. The summed E-state index contributed by atoms with van der Waals surface area (Å²) in [6.45, 7) is 3.94. The number of hydrogen-bond donors (Lipinski definition) is 2. The van der Waals surface area contributed by atoms with Crippen LogP contribution in [0, 0.1) is 17.2 Å². The Bertz CT molecular complexity index is 451. The molecular formula is C14H18N2O3. The molecular weight excluding hydrogens is 244 g/mol. The first-order valence-corrected chi connectivity index (χ1v) is 6.12.